The van der Waals surface area contributed by atoms with Gasteiger partial charge >= 0.3 is 11.8 Å². The fourth-order valence-corrected chi connectivity index (χ4v) is 3.06. The monoisotopic (exact) mass is 385 g/mol. The summed E-state index contributed by atoms with van der Waals surface area (Å²) in [5.41, 5.74) is 3.01. The molecule has 1 aliphatic heterocycles. The minimum absolute atomic E-state index is 0.0716. The largest absolute Gasteiger partial charge is 0.344 e. The highest BCUT2D eigenvalue weighted by atomic mass is 35.5. The molecule has 7 heteroatoms. The lowest BCUT2D eigenvalue weighted by Gasteiger charge is -2.19. The molecule has 2 N–H and O–H groups in total. The van der Waals surface area contributed by atoms with Gasteiger partial charge in [0, 0.05) is 35.9 Å². The fourth-order valence-electron chi connectivity index (χ4n) is 2.93. The number of hydrogen-bond acceptors (Lipinski definition) is 3. The van der Waals surface area contributed by atoms with Crippen LogP contribution in [-0.4, -0.2) is 24.3 Å². The number of nitrogens with zero attached hydrogens (tertiary/aromatic N) is 1. The van der Waals surface area contributed by atoms with Crippen molar-refractivity contribution in [3.63, 3.8) is 0 Å². The number of halogens is 1. The van der Waals surface area contributed by atoms with Crippen LogP contribution in [0.2, 0.25) is 5.02 Å². The molecule has 27 heavy (non-hydrogen) atoms. The normalized spacial score (nSPS) is 13.6. The van der Waals surface area contributed by atoms with Crippen LogP contribution in [0.15, 0.2) is 42.5 Å². The maximum Gasteiger partial charge on any atom is 0.313 e. The first-order valence-corrected chi connectivity index (χ1v) is 9.06. The minimum Gasteiger partial charge on any atom is -0.344 e. The van der Waals surface area contributed by atoms with E-state index in [1.54, 1.807) is 41.3 Å². The molecule has 0 unspecified atom stereocenters. The Hall–Kier alpha value is -2.86. The molecule has 0 radical (unpaired) electrons. The first-order valence-electron chi connectivity index (χ1n) is 8.68. The van der Waals surface area contributed by atoms with Gasteiger partial charge in [-0.3, -0.25) is 14.4 Å². The predicted molar refractivity (Wildman–Crippen MR) is 105 cm³/mol. The Bertz CT molecular complexity index is 881. The van der Waals surface area contributed by atoms with Gasteiger partial charge in [-0.15, -0.1) is 0 Å². The highest BCUT2D eigenvalue weighted by Crippen LogP contribution is 2.28. The van der Waals surface area contributed by atoms with E-state index >= 15 is 0 Å². The molecule has 0 aliphatic carbocycles. The molecule has 2 aromatic rings. The zero-order chi connectivity index (χ0) is 19.4. The summed E-state index contributed by atoms with van der Waals surface area (Å²) in [6.07, 6.45) is 1.35. The van der Waals surface area contributed by atoms with Crippen molar-refractivity contribution in [2.24, 2.45) is 0 Å². The molecule has 6 nitrogen and oxygen atoms in total. The van der Waals surface area contributed by atoms with E-state index in [1.807, 2.05) is 13.0 Å². The van der Waals surface area contributed by atoms with Gasteiger partial charge in [-0.05, 0) is 48.7 Å². The van der Waals surface area contributed by atoms with E-state index in [0.717, 1.165) is 23.2 Å². The lowest BCUT2D eigenvalue weighted by Crippen LogP contribution is -2.35. The Morgan fingerprint density at radius 3 is 2.52 bits per heavy atom. The summed E-state index contributed by atoms with van der Waals surface area (Å²) >= 11 is 5.82. The molecular formula is C20H20ClN3O3. The number of nitrogens with one attached hydrogen (secondary N) is 2. The smallest absolute Gasteiger partial charge is 0.313 e. The average molecular weight is 386 g/mol. The molecule has 0 saturated carbocycles. The first-order chi connectivity index (χ1) is 12.9. The Morgan fingerprint density at radius 2 is 1.85 bits per heavy atom. The Balaban J connectivity index is 1.62. The van der Waals surface area contributed by atoms with Crippen LogP contribution < -0.4 is 15.5 Å². The highest BCUT2D eigenvalue weighted by molar-refractivity contribution is 6.39. The van der Waals surface area contributed by atoms with Crippen molar-refractivity contribution >= 4 is 40.7 Å². The van der Waals surface area contributed by atoms with Crippen LogP contribution in [-0.2, 0) is 20.9 Å². The molecule has 1 aliphatic rings. The second-order valence-corrected chi connectivity index (χ2v) is 6.85. The molecule has 2 aromatic carbocycles. The van der Waals surface area contributed by atoms with Gasteiger partial charge in [0.2, 0.25) is 5.91 Å². The number of hydrogen-bond donors (Lipinski definition) is 2. The number of aryl methyl sites for hydroxylation is 1. The topological polar surface area (TPSA) is 78.5 Å². The van der Waals surface area contributed by atoms with Crippen LogP contribution in [0, 0.1) is 6.92 Å². The summed E-state index contributed by atoms with van der Waals surface area (Å²) in [6.45, 7) is 2.80. The molecule has 0 atom stereocenters. The third-order valence-corrected chi connectivity index (χ3v) is 4.66. The molecule has 3 amide bonds. The Kier molecular flexibility index (Phi) is 5.76. The molecule has 1 fully saturated rings. The molecular weight excluding hydrogens is 366 g/mol. The van der Waals surface area contributed by atoms with E-state index in [0.29, 0.717) is 23.7 Å². The van der Waals surface area contributed by atoms with Gasteiger partial charge in [-0.25, -0.2) is 0 Å². The molecule has 1 heterocycles. The summed E-state index contributed by atoms with van der Waals surface area (Å²) in [5.74, 6) is -1.42. The second-order valence-electron chi connectivity index (χ2n) is 6.41. The Labute approximate surface area is 162 Å². The van der Waals surface area contributed by atoms with E-state index in [-0.39, 0.29) is 12.5 Å². The van der Waals surface area contributed by atoms with Crippen LogP contribution >= 0.6 is 11.6 Å². The number of anilines is 2. The zero-order valence-corrected chi connectivity index (χ0v) is 15.7. The fraction of sp³-hybridized carbons (Fsp3) is 0.250. The van der Waals surface area contributed by atoms with Gasteiger partial charge in [0.1, 0.15) is 0 Å². The lowest BCUT2D eigenvalue weighted by atomic mass is 10.1. The standard InChI is InChI=1S/C20H20ClN3O3/c1-13-4-9-16(11-17(13)24-10-2-3-18(24)25)23-20(27)19(26)22-12-14-5-7-15(21)8-6-14/h4-9,11H,2-3,10,12H2,1H3,(H,22,26)(H,23,27). The Morgan fingerprint density at radius 1 is 1.11 bits per heavy atom. The molecule has 140 valence electrons. The predicted octanol–water partition coefficient (Wildman–Crippen LogP) is 3.03. The van der Waals surface area contributed by atoms with Crippen LogP contribution in [0.25, 0.3) is 0 Å². The number of carbonyl (C=O) groups excluding carboxylic acids is 3. The third kappa shape index (κ3) is 4.65. The SMILES string of the molecule is Cc1ccc(NC(=O)C(=O)NCc2ccc(Cl)cc2)cc1N1CCCC1=O. The van der Waals surface area contributed by atoms with Gasteiger partial charge in [0.15, 0.2) is 0 Å². The van der Waals surface area contributed by atoms with Crippen molar-refractivity contribution in [1.29, 1.82) is 0 Å². The molecule has 1 saturated heterocycles. The van der Waals surface area contributed by atoms with Crippen LogP contribution in [0.3, 0.4) is 0 Å². The van der Waals surface area contributed by atoms with E-state index in [1.165, 1.54) is 0 Å². The van der Waals surface area contributed by atoms with E-state index in [9.17, 15) is 14.4 Å². The summed E-state index contributed by atoms with van der Waals surface area (Å²) in [5, 5.41) is 5.76. The average Bonchev–Trinajstić information content (AvgIpc) is 3.08. The van der Waals surface area contributed by atoms with Crippen molar-refractivity contribution in [3.05, 3.63) is 58.6 Å². The molecule has 3 rings (SSSR count). The van der Waals surface area contributed by atoms with Crippen molar-refractivity contribution < 1.29 is 14.4 Å². The van der Waals surface area contributed by atoms with Crippen LogP contribution in [0.1, 0.15) is 24.0 Å². The summed E-state index contributed by atoms with van der Waals surface area (Å²) in [7, 11) is 0. The summed E-state index contributed by atoms with van der Waals surface area (Å²) in [6, 6.07) is 12.3. The lowest BCUT2D eigenvalue weighted by molar-refractivity contribution is -0.136. The number of benzene rings is 2. The maximum absolute atomic E-state index is 12.1. The maximum atomic E-state index is 12.1. The quantitative estimate of drug-likeness (QED) is 0.794. The number of amides is 3. The van der Waals surface area contributed by atoms with Crippen molar-refractivity contribution in [2.75, 3.05) is 16.8 Å². The van der Waals surface area contributed by atoms with Gasteiger partial charge in [-0.2, -0.15) is 0 Å². The van der Waals surface area contributed by atoms with E-state index in [2.05, 4.69) is 10.6 Å². The highest BCUT2D eigenvalue weighted by Gasteiger charge is 2.23. The summed E-state index contributed by atoms with van der Waals surface area (Å²) in [4.78, 5) is 37.9. The van der Waals surface area contributed by atoms with Gasteiger partial charge in [0.25, 0.3) is 0 Å². The molecule has 0 spiro atoms. The van der Waals surface area contributed by atoms with Gasteiger partial charge in [-0.1, -0.05) is 29.8 Å². The van der Waals surface area contributed by atoms with Crippen molar-refractivity contribution in [3.8, 4) is 0 Å². The second kappa shape index (κ2) is 8.22. The summed E-state index contributed by atoms with van der Waals surface area (Å²) < 4.78 is 0. The van der Waals surface area contributed by atoms with Gasteiger partial charge in [0.05, 0.1) is 0 Å². The molecule has 0 aromatic heterocycles. The van der Waals surface area contributed by atoms with E-state index in [4.69, 9.17) is 11.6 Å². The molecule has 0 bridgehead atoms. The van der Waals surface area contributed by atoms with Crippen LogP contribution in [0.5, 0.6) is 0 Å². The first kappa shape index (κ1) is 18.9. The third-order valence-electron chi connectivity index (χ3n) is 4.40. The van der Waals surface area contributed by atoms with Gasteiger partial charge < -0.3 is 15.5 Å². The van der Waals surface area contributed by atoms with E-state index < -0.39 is 11.8 Å². The number of carbonyl (C=O) groups is 3. The van der Waals surface area contributed by atoms with Crippen molar-refractivity contribution in [2.45, 2.75) is 26.3 Å². The minimum atomic E-state index is -0.758. The van der Waals surface area contributed by atoms with Crippen molar-refractivity contribution in [1.82, 2.24) is 5.32 Å². The number of rotatable bonds is 4. The zero-order valence-electron chi connectivity index (χ0n) is 14.9. The van der Waals surface area contributed by atoms with Crippen LogP contribution in [0.4, 0.5) is 11.4 Å².